The molecule has 0 radical (unpaired) electrons. The molecule has 0 unspecified atom stereocenters. The fraction of sp³-hybridized carbons (Fsp3) is 0.562. The second-order valence-corrected chi connectivity index (χ2v) is 5.91. The second kappa shape index (κ2) is 7.86. The number of nitrogens with two attached hydrogens (primary N) is 1. The normalized spacial score (nSPS) is 16.4. The maximum atomic E-state index is 5.90. The Morgan fingerprint density at radius 1 is 1.30 bits per heavy atom. The minimum atomic E-state index is 0. The van der Waals surface area contributed by atoms with Crippen LogP contribution in [0.15, 0.2) is 29.3 Å². The maximum Gasteiger partial charge on any atom is 0.188 e. The number of rotatable bonds is 5. The van der Waals surface area contributed by atoms with Gasteiger partial charge in [0.1, 0.15) is 0 Å². The smallest absolute Gasteiger partial charge is 0.188 e. The van der Waals surface area contributed by atoms with Crippen LogP contribution in [0.4, 0.5) is 0 Å². The number of guanidine groups is 1. The number of nitrogens with one attached hydrogen (secondary N) is 1. The molecule has 0 saturated heterocycles. The van der Waals surface area contributed by atoms with Crippen molar-refractivity contribution in [3.63, 3.8) is 0 Å². The lowest BCUT2D eigenvalue weighted by Crippen LogP contribution is -2.34. The van der Waals surface area contributed by atoms with Gasteiger partial charge in [0.2, 0.25) is 0 Å². The molecule has 0 aromatic heterocycles. The van der Waals surface area contributed by atoms with E-state index < -0.39 is 0 Å². The van der Waals surface area contributed by atoms with Crippen LogP contribution in [-0.2, 0) is 12.8 Å². The minimum absolute atomic E-state index is 0. The first-order chi connectivity index (χ1) is 9.13. The first-order valence-electron chi connectivity index (χ1n) is 7.23. The van der Waals surface area contributed by atoms with Crippen molar-refractivity contribution >= 4 is 29.9 Å². The van der Waals surface area contributed by atoms with Crippen LogP contribution in [0.5, 0.6) is 0 Å². The predicted molar refractivity (Wildman–Crippen MR) is 96.8 cm³/mol. The SMILES string of the molecule is CCCCNC(N)=NCC1(C)Cc2ccccc2C1.I. The molecule has 3 N–H and O–H groups in total. The molecule has 1 aliphatic carbocycles. The number of unbranched alkanes of at least 4 members (excludes halogenated alkanes) is 1. The molecular formula is C16H26IN3. The Balaban J connectivity index is 0.00000200. The molecular weight excluding hydrogens is 361 g/mol. The maximum absolute atomic E-state index is 5.90. The highest BCUT2D eigenvalue weighted by Crippen LogP contribution is 2.36. The first-order valence-corrected chi connectivity index (χ1v) is 7.23. The second-order valence-electron chi connectivity index (χ2n) is 5.91. The Morgan fingerprint density at radius 3 is 2.45 bits per heavy atom. The Bertz CT molecular complexity index is 432. The summed E-state index contributed by atoms with van der Waals surface area (Å²) >= 11 is 0. The van der Waals surface area contributed by atoms with Crippen LogP contribution in [0.25, 0.3) is 0 Å². The number of benzene rings is 1. The van der Waals surface area contributed by atoms with Gasteiger partial charge in [-0.2, -0.15) is 0 Å². The first kappa shape index (κ1) is 17.3. The van der Waals surface area contributed by atoms with Gasteiger partial charge in [0.25, 0.3) is 0 Å². The van der Waals surface area contributed by atoms with Crippen LogP contribution in [0, 0.1) is 5.41 Å². The number of hydrogen-bond acceptors (Lipinski definition) is 1. The monoisotopic (exact) mass is 387 g/mol. The standard InChI is InChI=1S/C16H25N3.HI/c1-3-4-9-18-15(17)19-12-16(2)10-13-7-5-6-8-14(13)11-16;/h5-8H,3-4,9-12H2,1-2H3,(H3,17,18,19);1H. The topological polar surface area (TPSA) is 50.4 Å². The molecule has 0 aliphatic heterocycles. The van der Waals surface area contributed by atoms with Crippen LogP contribution < -0.4 is 11.1 Å². The van der Waals surface area contributed by atoms with Gasteiger partial charge >= 0.3 is 0 Å². The highest BCUT2D eigenvalue weighted by molar-refractivity contribution is 14.0. The van der Waals surface area contributed by atoms with Crippen LogP contribution in [0.3, 0.4) is 0 Å². The molecule has 2 rings (SSSR count). The molecule has 0 saturated carbocycles. The van der Waals surface area contributed by atoms with Crippen molar-refractivity contribution in [2.24, 2.45) is 16.1 Å². The summed E-state index contributed by atoms with van der Waals surface area (Å²) in [5, 5.41) is 3.17. The molecule has 0 fully saturated rings. The lowest BCUT2D eigenvalue weighted by molar-refractivity contribution is 0.360. The Morgan fingerprint density at radius 2 is 1.90 bits per heavy atom. The molecule has 1 aromatic rings. The number of fused-ring (bicyclic) bond motifs is 1. The summed E-state index contributed by atoms with van der Waals surface area (Å²) in [5.41, 5.74) is 9.06. The Labute approximate surface area is 139 Å². The molecule has 0 amide bonds. The van der Waals surface area contributed by atoms with E-state index in [9.17, 15) is 0 Å². The highest BCUT2D eigenvalue weighted by atomic mass is 127. The molecule has 0 spiro atoms. The third-order valence-corrected chi connectivity index (χ3v) is 3.82. The van der Waals surface area contributed by atoms with Crippen molar-refractivity contribution in [2.75, 3.05) is 13.1 Å². The van der Waals surface area contributed by atoms with Gasteiger partial charge in [-0.25, -0.2) is 0 Å². The molecule has 0 atom stereocenters. The lowest BCUT2D eigenvalue weighted by Gasteiger charge is -2.21. The fourth-order valence-corrected chi connectivity index (χ4v) is 2.72. The Kier molecular flexibility index (Phi) is 6.79. The zero-order valence-corrected chi connectivity index (χ0v) is 14.8. The molecule has 0 heterocycles. The summed E-state index contributed by atoms with van der Waals surface area (Å²) < 4.78 is 0. The Hall–Kier alpha value is -0.780. The molecule has 3 nitrogen and oxygen atoms in total. The number of nitrogens with zero attached hydrogens (tertiary/aromatic N) is 1. The molecule has 112 valence electrons. The number of hydrogen-bond donors (Lipinski definition) is 2. The van der Waals surface area contributed by atoms with Gasteiger partial charge in [-0.05, 0) is 35.8 Å². The molecule has 4 heteroatoms. The average molecular weight is 387 g/mol. The van der Waals surface area contributed by atoms with E-state index in [-0.39, 0.29) is 29.4 Å². The van der Waals surface area contributed by atoms with E-state index in [1.165, 1.54) is 17.5 Å². The zero-order chi connectivity index (χ0) is 13.7. The van der Waals surface area contributed by atoms with Crippen molar-refractivity contribution in [2.45, 2.75) is 39.5 Å². The summed E-state index contributed by atoms with van der Waals surface area (Å²) in [5.74, 6) is 0.589. The van der Waals surface area contributed by atoms with Crippen molar-refractivity contribution in [1.29, 1.82) is 0 Å². The average Bonchev–Trinajstić information content (AvgIpc) is 2.73. The largest absolute Gasteiger partial charge is 0.370 e. The van der Waals surface area contributed by atoms with Gasteiger partial charge in [-0.3, -0.25) is 4.99 Å². The summed E-state index contributed by atoms with van der Waals surface area (Å²) in [4.78, 5) is 4.52. The predicted octanol–water partition coefficient (Wildman–Crippen LogP) is 3.11. The van der Waals surface area contributed by atoms with Crippen LogP contribution in [0.2, 0.25) is 0 Å². The van der Waals surface area contributed by atoms with E-state index in [2.05, 4.69) is 48.4 Å². The molecule has 20 heavy (non-hydrogen) atoms. The van der Waals surface area contributed by atoms with Crippen molar-refractivity contribution in [3.8, 4) is 0 Å². The van der Waals surface area contributed by atoms with Crippen molar-refractivity contribution < 1.29 is 0 Å². The van der Waals surface area contributed by atoms with Gasteiger partial charge < -0.3 is 11.1 Å². The molecule has 1 aromatic carbocycles. The zero-order valence-electron chi connectivity index (χ0n) is 12.5. The van der Waals surface area contributed by atoms with Crippen LogP contribution in [0.1, 0.15) is 37.8 Å². The van der Waals surface area contributed by atoms with E-state index in [1.54, 1.807) is 0 Å². The van der Waals surface area contributed by atoms with Gasteiger partial charge in [-0.1, -0.05) is 44.5 Å². The third-order valence-electron chi connectivity index (χ3n) is 3.82. The van der Waals surface area contributed by atoms with Gasteiger partial charge in [0.05, 0.1) is 0 Å². The van der Waals surface area contributed by atoms with Crippen LogP contribution >= 0.6 is 24.0 Å². The van der Waals surface area contributed by atoms with E-state index in [0.717, 1.165) is 32.4 Å². The van der Waals surface area contributed by atoms with Crippen molar-refractivity contribution in [3.05, 3.63) is 35.4 Å². The number of aliphatic imine (C=N–C) groups is 1. The highest BCUT2D eigenvalue weighted by Gasteiger charge is 2.32. The quantitative estimate of drug-likeness (QED) is 0.353. The molecule has 1 aliphatic rings. The molecule has 0 bridgehead atoms. The third kappa shape index (κ3) is 4.65. The van der Waals surface area contributed by atoms with E-state index in [0.29, 0.717) is 5.96 Å². The summed E-state index contributed by atoms with van der Waals surface area (Å²) in [6.45, 7) is 6.19. The van der Waals surface area contributed by atoms with Gasteiger partial charge in [0.15, 0.2) is 5.96 Å². The van der Waals surface area contributed by atoms with E-state index in [4.69, 9.17) is 5.73 Å². The number of halogens is 1. The van der Waals surface area contributed by atoms with E-state index in [1.807, 2.05) is 0 Å². The lowest BCUT2D eigenvalue weighted by atomic mass is 9.87. The minimum Gasteiger partial charge on any atom is -0.370 e. The fourth-order valence-electron chi connectivity index (χ4n) is 2.72. The summed E-state index contributed by atoms with van der Waals surface area (Å²) in [6, 6.07) is 8.70. The summed E-state index contributed by atoms with van der Waals surface area (Å²) in [7, 11) is 0. The van der Waals surface area contributed by atoms with Gasteiger partial charge in [-0.15, -0.1) is 24.0 Å². The summed E-state index contributed by atoms with van der Waals surface area (Å²) in [6.07, 6.45) is 4.52. The van der Waals surface area contributed by atoms with E-state index >= 15 is 0 Å². The van der Waals surface area contributed by atoms with Gasteiger partial charge in [0, 0.05) is 13.1 Å². The van der Waals surface area contributed by atoms with Crippen LogP contribution in [-0.4, -0.2) is 19.0 Å². The van der Waals surface area contributed by atoms with Crippen molar-refractivity contribution in [1.82, 2.24) is 5.32 Å².